The third-order valence-corrected chi connectivity index (χ3v) is 5.54. The van der Waals surface area contributed by atoms with Crippen LogP contribution in [0, 0.1) is 32.6 Å². The number of rotatable bonds is 3. The average molecular weight is 342 g/mol. The number of piperidine rings is 1. The molecule has 5 heteroatoms. The van der Waals surface area contributed by atoms with E-state index in [1.165, 1.54) is 17.5 Å². The Bertz CT molecular complexity index is 798. The van der Waals surface area contributed by atoms with Crippen LogP contribution in [0.4, 0.5) is 0 Å². The molecule has 0 unspecified atom stereocenters. The maximum Gasteiger partial charge on any atom is 0.222 e. The van der Waals surface area contributed by atoms with Gasteiger partial charge in [-0.2, -0.15) is 5.10 Å². The number of hydrogen-bond acceptors (Lipinski definition) is 3. The highest BCUT2D eigenvalue weighted by Gasteiger charge is 2.25. The average Bonchev–Trinajstić information content (AvgIpc) is 2.80. The van der Waals surface area contributed by atoms with E-state index in [1.807, 2.05) is 25.6 Å². The number of pyridine rings is 1. The molecule has 1 saturated heterocycles. The number of nitrogens with zero attached hydrogens (tertiary/aromatic N) is 4. The summed E-state index contributed by atoms with van der Waals surface area (Å²) >= 11 is 0. The zero-order valence-electron chi connectivity index (χ0n) is 16.4. The van der Waals surface area contributed by atoms with Gasteiger partial charge in [0.15, 0.2) is 5.65 Å². The van der Waals surface area contributed by atoms with Gasteiger partial charge in [-0.1, -0.05) is 13.8 Å². The molecule has 0 saturated carbocycles. The fraction of sp³-hybridized carbons (Fsp3) is 0.650. The molecule has 0 aromatic carbocycles. The van der Waals surface area contributed by atoms with Gasteiger partial charge >= 0.3 is 0 Å². The number of hydrogen-bond donors (Lipinski definition) is 0. The van der Waals surface area contributed by atoms with Crippen LogP contribution in [0.15, 0.2) is 0 Å². The molecule has 3 rings (SSSR count). The van der Waals surface area contributed by atoms with Gasteiger partial charge in [-0.05, 0) is 56.6 Å². The van der Waals surface area contributed by atoms with Gasteiger partial charge in [0.1, 0.15) is 0 Å². The van der Waals surface area contributed by atoms with Crippen LogP contribution in [-0.4, -0.2) is 38.7 Å². The topological polar surface area (TPSA) is 51.0 Å². The summed E-state index contributed by atoms with van der Waals surface area (Å²) < 4.78 is 1.84. The van der Waals surface area contributed by atoms with Gasteiger partial charge in [-0.25, -0.2) is 4.98 Å². The van der Waals surface area contributed by atoms with Crippen molar-refractivity contribution in [2.24, 2.45) is 18.9 Å². The number of aromatic nitrogens is 3. The molecule has 0 spiro atoms. The smallest absolute Gasteiger partial charge is 0.222 e. The summed E-state index contributed by atoms with van der Waals surface area (Å²) in [6.45, 7) is 12.5. The molecule has 1 aliphatic heterocycles. The predicted molar refractivity (Wildman–Crippen MR) is 101 cm³/mol. The number of carbonyl (C=O) groups is 1. The van der Waals surface area contributed by atoms with E-state index in [-0.39, 0.29) is 5.91 Å². The van der Waals surface area contributed by atoms with E-state index >= 15 is 0 Å². The summed E-state index contributed by atoms with van der Waals surface area (Å²) in [6.07, 6.45) is 2.55. The number of fused-ring (bicyclic) bond motifs is 1. The molecule has 2 atom stereocenters. The molecule has 0 N–H and O–H groups in total. The van der Waals surface area contributed by atoms with Crippen LogP contribution in [0.1, 0.15) is 49.2 Å². The summed E-state index contributed by atoms with van der Waals surface area (Å²) in [5, 5.41) is 5.63. The lowest BCUT2D eigenvalue weighted by atomic mass is 9.91. The van der Waals surface area contributed by atoms with Crippen molar-refractivity contribution >= 4 is 16.9 Å². The van der Waals surface area contributed by atoms with Crippen molar-refractivity contribution in [1.82, 2.24) is 19.7 Å². The molecule has 2 aromatic rings. The summed E-state index contributed by atoms with van der Waals surface area (Å²) in [7, 11) is 1.93. The molecule has 0 bridgehead atoms. The highest BCUT2D eigenvalue weighted by Crippen LogP contribution is 2.27. The molecule has 0 aliphatic carbocycles. The Hall–Kier alpha value is -1.91. The number of likely N-dealkylation sites (tertiary alicyclic amines) is 1. The van der Waals surface area contributed by atoms with Gasteiger partial charge in [0.2, 0.25) is 5.91 Å². The second kappa shape index (κ2) is 6.77. The standard InChI is InChI=1S/C20H30N4O/c1-12-9-13(2)11-24(10-12)18(25)8-7-17-14(3)19-16(5)22-23(6)20(19)21-15(17)4/h12-13H,7-11H2,1-6H3/t12-,13-/m0/s1. The Morgan fingerprint density at radius 2 is 1.76 bits per heavy atom. The van der Waals surface area contributed by atoms with Crippen molar-refractivity contribution in [3.63, 3.8) is 0 Å². The first kappa shape index (κ1) is 17.9. The summed E-state index contributed by atoms with van der Waals surface area (Å²) in [6, 6.07) is 0. The molecular weight excluding hydrogens is 312 g/mol. The van der Waals surface area contributed by atoms with E-state index < -0.39 is 0 Å². The molecule has 25 heavy (non-hydrogen) atoms. The maximum atomic E-state index is 12.7. The van der Waals surface area contributed by atoms with Crippen LogP contribution in [-0.2, 0) is 18.3 Å². The van der Waals surface area contributed by atoms with E-state index in [0.29, 0.717) is 18.3 Å². The molecule has 2 aromatic heterocycles. The minimum absolute atomic E-state index is 0.278. The first-order valence-corrected chi connectivity index (χ1v) is 9.35. The van der Waals surface area contributed by atoms with Crippen LogP contribution in [0.25, 0.3) is 11.0 Å². The molecule has 0 radical (unpaired) electrons. The summed E-state index contributed by atoms with van der Waals surface area (Å²) in [4.78, 5) is 19.5. The molecule has 1 fully saturated rings. The summed E-state index contributed by atoms with van der Waals surface area (Å²) in [5.41, 5.74) is 5.38. The first-order chi connectivity index (χ1) is 11.8. The van der Waals surface area contributed by atoms with Crippen LogP contribution < -0.4 is 0 Å². The molecule has 1 aliphatic rings. The summed E-state index contributed by atoms with van der Waals surface area (Å²) in [5.74, 6) is 1.49. The Morgan fingerprint density at radius 1 is 1.12 bits per heavy atom. The van der Waals surface area contributed by atoms with Gasteiger partial charge in [-0.3, -0.25) is 9.48 Å². The van der Waals surface area contributed by atoms with Gasteiger partial charge in [-0.15, -0.1) is 0 Å². The number of aryl methyl sites for hydroxylation is 4. The maximum absolute atomic E-state index is 12.7. The Morgan fingerprint density at radius 3 is 2.40 bits per heavy atom. The monoisotopic (exact) mass is 342 g/mol. The molecule has 5 nitrogen and oxygen atoms in total. The van der Waals surface area contributed by atoms with Crippen LogP contribution in [0.2, 0.25) is 0 Å². The Balaban J connectivity index is 1.79. The largest absolute Gasteiger partial charge is 0.342 e. The fourth-order valence-electron chi connectivity index (χ4n) is 4.49. The van der Waals surface area contributed by atoms with Gasteiger partial charge in [0.05, 0.1) is 5.69 Å². The minimum atomic E-state index is 0.278. The SMILES string of the molecule is Cc1nc2c(c(C)nn2C)c(C)c1CCC(=O)N1C[C@@H](C)C[C@H](C)C1. The molecule has 1 amide bonds. The van der Waals surface area contributed by atoms with Gasteiger partial charge in [0, 0.05) is 37.6 Å². The predicted octanol–water partition coefficient (Wildman–Crippen LogP) is 3.33. The van der Waals surface area contributed by atoms with Crippen molar-refractivity contribution in [3.05, 3.63) is 22.5 Å². The second-order valence-electron chi connectivity index (χ2n) is 7.95. The van der Waals surface area contributed by atoms with Gasteiger partial charge in [0.25, 0.3) is 0 Å². The Labute approximate surface area is 150 Å². The van der Waals surface area contributed by atoms with E-state index in [0.717, 1.165) is 41.9 Å². The van der Waals surface area contributed by atoms with E-state index in [4.69, 9.17) is 4.98 Å². The minimum Gasteiger partial charge on any atom is -0.342 e. The lowest BCUT2D eigenvalue weighted by Crippen LogP contribution is -2.42. The Kier molecular flexibility index (Phi) is 4.85. The van der Waals surface area contributed by atoms with Crippen molar-refractivity contribution in [1.29, 1.82) is 0 Å². The quantitative estimate of drug-likeness (QED) is 0.860. The van der Waals surface area contributed by atoms with Crippen molar-refractivity contribution in [2.75, 3.05) is 13.1 Å². The lowest BCUT2D eigenvalue weighted by molar-refractivity contribution is -0.133. The first-order valence-electron chi connectivity index (χ1n) is 9.35. The zero-order valence-corrected chi connectivity index (χ0v) is 16.4. The lowest BCUT2D eigenvalue weighted by Gasteiger charge is -2.35. The van der Waals surface area contributed by atoms with E-state index in [2.05, 4.69) is 30.8 Å². The zero-order chi connectivity index (χ0) is 18.3. The third-order valence-electron chi connectivity index (χ3n) is 5.54. The van der Waals surface area contributed by atoms with Crippen molar-refractivity contribution in [3.8, 4) is 0 Å². The normalized spacial score (nSPS) is 21.1. The van der Waals surface area contributed by atoms with Crippen LogP contribution in [0.3, 0.4) is 0 Å². The second-order valence-corrected chi connectivity index (χ2v) is 7.95. The third kappa shape index (κ3) is 3.42. The molecule has 136 valence electrons. The van der Waals surface area contributed by atoms with E-state index in [9.17, 15) is 4.79 Å². The highest BCUT2D eigenvalue weighted by molar-refractivity contribution is 5.84. The van der Waals surface area contributed by atoms with Crippen molar-refractivity contribution in [2.45, 2.75) is 53.9 Å². The van der Waals surface area contributed by atoms with Crippen LogP contribution >= 0.6 is 0 Å². The van der Waals surface area contributed by atoms with Crippen molar-refractivity contribution < 1.29 is 4.79 Å². The highest BCUT2D eigenvalue weighted by atomic mass is 16.2. The fourth-order valence-corrected chi connectivity index (χ4v) is 4.49. The number of carbonyl (C=O) groups excluding carboxylic acids is 1. The molecule has 3 heterocycles. The number of amides is 1. The van der Waals surface area contributed by atoms with Gasteiger partial charge < -0.3 is 4.90 Å². The van der Waals surface area contributed by atoms with Crippen LogP contribution in [0.5, 0.6) is 0 Å². The molecular formula is C20H30N4O. The van der Waals surface area contributed by atoms with E-state index in [1.54, 1.807) is 0 Å².